The molecule has 1 aromatic carbocycles. The summed E-state index contributed by atoms with van der Waals surface area (Å²) in [6, 6.07) is 3.48. The van der Waals surface area contributed by atoms with E-state index in [1.807, 2.05) is 18.2 Å². The zero-order chi connectivity index (χ0) is 19.8. The number of nitrogens with zero attached hydrogens (tertiary/aromatic N) is 3. The zero-order valence-corrected chi connectivity index (χ0v) is 17.1. The van der Waals surface area contributed by atoms with Crippen LogP contribution in [0.3, 0.4) is 0 Å². The number of hydrogen-bond donors (Lipinski definition) is 1. The summed E-state index contributed by atoms with van der Waals surface area (Å²) in [5.41, 5.74) is 2.12. The van der Waals surface area contributed by atoms with E-state index in [4.69, 9.17) is 11.6 Å². The molecule has 2 aromatic heterocycles. The lowest BCUT2D eigenvalue weighted by molar-refractivity contribution is 0.0773. The number of aromatic amines is 1. The second-order valence-corrected chi connectivity index (χ2v) is 7.86. The minimum atomic E-state index is -0.203. The molecule has 1 N–H and O–H groups in total. The van der Waals surface area contributed by atoms with Crippen LogP contribution >= 0.6 is 11.6 Å². The van der Waals surface area contributed by atoms with Gasteiger partial charge in [-0.15, -0.1) is 0 Å². The Morgan fingerprint density at radius 2 is 1.93 bits per heavy atom. The lowest BCUT2D eigenvalue weighted by atomic mass is 9.89. The first-order valence-electron chi connectivity index (χ1n) is 10.1. The molecule has 0 saturated heterocycles. The Morgan fingerprint density at radius 1 is 1.21 bits per heavy atom. The van der Waals surface area contributed by atoms with Crippen molar-refractivity contribution in [2.75, 3.05) is 13.1 Å². The van der Waals surface area contributed by atoms with Crippen LogP contribution < -0.4 is 5.56 Å². The van der Waals surface area contributed by atoms with Crippen molar-refractivity contribution in [2.45, 2.75) is 51.9 Å². The molecule has 6 nitrogen and oxygen atoms in total. The SMILES string of the molecule is CCN(CC)C(=O)c1cc2[nH]c(=O)c3cnc(C4CCCCC4)n3c2cc1Cl. The van der Waals surface area contributed by atoms with Gasteiger partial charge in [-0.2, -0.15) is 0 Å². The van der Waals surface area contributed by atoms with Crippen LogP contribution in [0.2, 0.25) is 5.02 Å². The number of carbonyl (C=O) groups is 1. The van der Waals surface area contributed by atoms with Crippen molar-refractivity contribution in [3.05, 3.63) is 45.1 Å². The van der Waals surface area contributed by atoms with Gasteiger partial charge in [0.15, 0.2) is 0 Å². The summed E-state index contributed by atoms with van der Waals surface area (Å²) in [6.45, 7) is 5.08. The summed E-state index contributed by atoms with van der Waals surface area (Å²) in [7, 11) is 0. The summed E-state index contributed by atoms with van der Waals surface area (Å²) < 4.78 is 1.93. The van der Waals surface area contributed by atoms with E-state index in [-0.39, 0.29) is 11.5 Å². The smallest absolute Gasteiger partial charge is 0.274 e. The average molecular weight is 401 g/mol. The molecule has 1 fully saturated rings. The van der Waals surface area contributed by atoms with Gasteiger partial charge in [0.05, 0.1) is 27.8 Å². The summed E-state index contributed by atoms with van der Waals surface area (Å²) in [5, 5.41) is 0.390. The van der Waals surface area contributed by atoms with Gasteiger partial charge < -0.3 is 9.88 Å². The molecule has 0 aliphatic heterocycles. The molecule has 3 aromatic rings. The first-order chi connectivity index (χ1) is 13.5. The van der Waals surface area contributed by atoms with Crippen molar-refractivity contribution in [3.8, 4) is 0 Å². The second-order valence-electron chi connectivity index (χ2n) is 7.45. The minimum absolute atomic E-state index is 0.129. The second kappa shape index (κ2) is 7.59. The first-order valence-corrected chi connectivity index (χ1v) is 10.4. The summed E-state index contributed by atoms with van der Waals surface area (Å²) >= 11 is 6.53. The van der Waals surface area contributed by atoms with Crippen LogP contribution in [0.5, 0.6) is 0 Å². The Balaban J connectivity index is 1.93. The largest absolute Gasteiger partial charge is 0.339 e. The van der Waals surface area contributed by atoms with Gasteiger partial charge in [-0.1, -0.05) is 30.9 Å². The molecule has 2 heterocycles. The number of hydrogen-bond acceptors (Lipinski definition) is 3. The highest BCUT2D eigenvalue weighted by Gasteiger charge is 2.23. The van der Waals surface area contributed by atoms with Gasteiger partial charge in [0.2, 0.25) is 0 Å². The molecule has 1 aliphatic carbocycles. The van der Waals surface area contributed by atoms with E-state index in [0.717, 1.165) is 24.2 Å². The zero-order valence-electron chi connectivity index (χ0n) is 16.3. The Kier molecular flexibility index (Phi) is 5.15. The highest BCUT2D eigenvalue weighted by Crippen LogP contribution is 2.33. The first kappa shape index (κ1) is 19.0. The highest BCUT2D eigenvalue weighted by atomic mass is 35.5. The molecule has 0 atom stereocenters. The number of fused-ring (bicyclic) bond motifs is 3. The average Bonchev–Trinajstić information content (AvgIpc) is 3.16. The van der Waals surface area contributed by atoms with Crippen molar-refractivity contribution in [1.29, 1.82) is 0 Å². The van der Waals surface area contributed by atoms with Crippen molar-refractivity contribution >= 4 is 34.1 Å². The Labute approximate surface area is 168 Å². The number of carbonyl (C=O) groups excluding carboxylic acids is 1. The van der Waals surface area contributed by atoms with Crippen LogP contribution in [0.1, 0.15) is 68.1 Å². The molecular formula is C21H25ClN4O2. The van der Waals surface area contributed by atoms with E-state index in [2.05, 4.69) is 9.97 Å². The maximum absolute atomic E-state index is 12.8. The predicted octanol–water partition coefficient (Wildman–Crippen LogP) is 4.36. The van der Waals surface area contributed by atoms with Gasteiger partial charge in [-0.3, -0.25) is 14.0 Å². The van der Waals surface area contributed by atoms with Crippen LogP contribution in [-0.2, 0) is 0 Å². The normalized spacial score (nSPS) is 15.4. The Hall–Kier alpha value is -2.34. The van der Waals surface area contributed by atoms with Gasteiger partial charge in [0, 0.05) is 19.0 Å². The molecule has 1 amide bonds. The summed E-state index contributed by atoms with van der Waals surface area (Å²) in [4.78, 5) is 34.7. The van der Waals surface area contributed by atoms with E-state index < -0.39 is 0 Å². The standard InChI is InChI=1S/C21H25ClN4O2/c1-3-25(4-2)21(28)14-10-16-17(11-15(14)22)26-18(20(27)24-16)12-23-19(26)13-8-6-5-7-9-13/h10-13H,3-9H2,1-2H3,(H,24,27). The Morgan fingerprint density at radius 3 is 2.61 bits per heavy atom. The number of imidazole rings is 1. The van der Waals surface area contributed by atoms with Crippen LogP contribution in [0.25, 0.3) is 16.6 Å². The van der Waals surface area contributed by atoms with E-state index >= 15 is 0 Å². The predicted molar refractivity (Wildman–Crippen MR) is 111 cm³/mol. The fourth-order valence-electron chi connectivity index (χ4n) is 4.31. The van der Waals surface area contributed by atoms with Gasteiger partial charge in [-0.25, -0.2) is 4.98 Å². The number of rotatable bonds is 4. The van der Waals surface area contributed by atoms with Crippen LogP contribution in [-0.4, -0.2) is 38.3 Å². The maximum Gasteiger partial charge on any atom is 0.274 e. The molecule has 7 heteroatoms. The van der Waals surface area contributed by atoms with E-state index in [1.165, 1.54) is 19.3 Å². The lowest BCUT2D eigenvalue weighted by Gasteiger charge is -2.21. The molecule has 148 valence electrons. The van der Waals surface area contributed by atoms with Crippen LogP contribution in [0.15, 0.2) is 23.1 Å². The molecule has 0 spiro atoms. The van der Waals surface area contributed by atoms with Crippen LogP contribution in [0.4, 0.5) is 0 Å². The molecule has 0 radical (unpaired) electrons. The van der Waals surface area contributed by atoms with E-state index in [1.54, 1.807) is 23.2 Å². The van der Waals surface area contributed by atoms with E-state index in [9.17, 15) is 9.59 Å². The molecule has 4 rings (SSSR count). The van der Waals surface area contributed by atoms with Crippen molar-refractivity contribution in [2.24, 2.45) is 0 Å². The van der Waals surface area contributed by atoms with Crippen molar-refractivity contribution in [3.63, 3.8) is 0 Å². The quantitative estimate of drug-likeness (QED) is 0.707. The van der Waals surface area contributed by atoms with Gasteiger partial charge in [-0.05, 0) is 38.8 Å². The van der Waals surface area contributed by atoms with Gasteiger partial charge in [0.25, 0.3) is 11.5 Å². The fourth-order valence-corrected chi connectivity index (χ4v) is 4.55. The number of nitrogens with one attached hydrogen (secondary N) is 1. The number of benzene rings is 1. The number of aromatic nitrogens is 3. The fraction of sp³-hybridized carbons (Fsp3) is 0.476. The Bertz CT molecular complexity index is 1090. The highest BCUT2D eigenvalue weighted by molar-refractivity contribution is 6.34. The summed E-state index contributed by atoms with van der Waals surface area (Å²) in [5.74, 6) is 1.14. The van der Waals surface area contributed by atoms with Gasteiger partial charge in [0.1, 0.15) is 11.3 Å². The molecule has 0 bridgehead atoms. The molecule has 1 aliphatic rings. The number of H-pyrrole nitrogens is 1. The third-order valence-electron chi connectivity index (χ3n) is 5.85. The molecular weight excluding hydrogens is 376 g/mol. The topological polar surface area (TPSA) is 70.5 Å². The number of amides is 1. The van der Waals surface area contributed by atoms with E-state index in [0.29, 0.717) is 40.6 Å². The monoisotopic (exact) mass is 400 g/mol. The van der Waals surface area contributed by atoms with Crippen LogP contribution in [0, 0.1) is 0 Å². The number of halogens is 1. The molecule has 28 heavy (non-hydrogen) atoms. The third kappa shape index (κ3) is 3.09. The minimum Gasteiger partial charge on any atom is -0.339 e. The van der Waals surface area contributed by atoms with Crippen molar-refractivity contribution < 1.29 is 4.79 Å². The maximum atomic E-state index is 12.8. The molecule has 0 unspecified atom stereocenters. The summed E-state index contributed by atoms with van der Waals surface area (Å²) in [6.07, 6.45) is 7.43. The van der Waals surface area contributed by atoms with Crippen molar-refractivity contribution in [1.82, 2.24) is 19.3 Å². The lowest BCUT2D eigenvalue weighted by Crippen LogP contribution is -2.30. The van der Waals surface area contributed by atoms with Gasteiger partial charge >= 0.3 is 0 Å². The molecule has 1 saturated carbocycles. The third-order valence-corrected chi connectivity index (χ3v) is 6.16.